The summed E-state index contributed by atoms with van der Waals surface area (Å²) >= 11 is 0. The standard InChI is InChI=1S/C37H38N2O7/c1-42-36(40)33(39-37(41)46-25-30-20-12-5-13-21-30)32-35(45-24-29-18-10-4-11-19-29)34(44-23-28-16-8-3-9-17-28)31(38-32)26-43-22-27-14-6-2-7-15-27/h2-21,31,34-35,38H,22-26H2,1H3,(H,39,41)/b33-32+/t31-,34+,35+/m0/s1. The molecule has 0 radical (unpaired) electrons. The third kappa shape index (κ3) is 9.28. The molecule has 238 valence electrons. The maximum Gasteiger partial charge on any atom is 0.412 e. The van der Waals surface area contributed by atoms with Crippen molar-refractivity contribution in [1.82, 2.24) is 10.6 Å². The lowest BCUT2D eigenvalue weighted by atomic mass is 10.1. The van der Waals surface area contributed by atoms with E-state index in [1.54, 1.807) is 0 Å². The van der Waals surface area contributed by atoms with Gasteiger partial charge in [-0.15, -0.1) is 0 Å². The Morgan fingerprint density at radius 3 is 1.65 bits per heavy atom. The Kier molecular flexibility index (Phi) is 11.9. The number of methoxy groups -OCH3 is 1. The van der Waals surface area contributed by atoms with Crippen LogP contribution in [0.25, 0.3) is 0 Å². The van der Waals surface area contributed by atoms with Crippen LogP contribution in [0.1, 0.15) is 22.3 Å². The van der Waals surface area contributed by atoms with E-state index in [0.29, 0.717) is 18.9 Å². The highest BCUT2D eigenvalue weighted by Crippen LogP contribution is 2.29. The van der Waals surface area contributed by atoms with Gasteiger partial charge in [0.05, 0.1) is 45.3 Å². The van der Waals surface area contributed by atoms with Crippen LogP contribution in [0.2, 0.25) is 0 Å². The number of carbonyl (C=O) groups is 2. The van der Waals surface area contributed by atoms with Crippen molar-refractivity contribution in [2.45, 2.75) is 44.7 Å². The maximum atomic E-state index is 13.2. The smallest absolute Gasteiger partial charge is 0.412 e. The van der Waals surface area contributed by atoms with Gasteiger partial charge in [-0.05, 0) is 22.3 Å². The third-order valence-electron chi connectivity index (χ3n) is 7.39. The summed E-state index contributed by atoms with van der Waals surface area (Å²) in [4.78, 5) is 26.2. The number of amides is 1. The molecule has 1 amide bonds. The highest BCUT2D eigenvalue weighted by atomic mass is 16.6. The maximum absolute atomic E-state index is 13.2. The zero-order valence-electron chi connectivity index (χ0n) is 25.7. The van der Waals surface area contributed by atoms with E-state index in [4.69, 9.17) is 23.7 Å². The summed E-state index contributed by atoms with van der Waals surface area (Å²) < 4.78 is 29.7. The van der Waals surface area contributed by atoms with Gasteiger partial charge in [-0.25, -0.2) is 9.59 Å². The molecule has 1 aliphatic rings. The van der Waals surface area contributed by atoms with Crippen molar-refractivity contribution in [3.8, 4) is 0 Å². The Morgan fingerprint density at radius 1 is 0.652 bits per heavy atom. The molecule has 5 rings (SSSR count). The van der Waals surface area contributed by atoms with E-state index >= 15 is 0 Å². The quantitative estimate of drug-likeness (QED) is 0.137. The Labute approximate surface area is 269 Å². The molecule has 1 heterocycles. The van der Waals surface area contributed by atoms with Crippen LogP contribution < -0.4 is 10.6 Å². The van der Waals surface area contributed by atoms with Gasteiger partial charge in [0.15, 0.2) is 5.70 Å². The van der Waals surface area contributed by atoms with Gasteiger partial charge in [-0.1, -0.05) is 121 Å². The highest BCUT2D eigenvalue weighted by Gasteiger charge is 2.44. The zero-order valence-corrected chi connectivity index (χ0v) is 25.7. The first kappa shape index (κ1) is 32.4. The molecule has 46 heavy (non-hydrogen) atoms. The van der Waals surface area contributed by atoms with Gasteiger partial charge in [0.1, 0.15) is 18.8 Å². The molecule has 0 aliphatic carbocycles. The van der Waals surface area contributed by atoms with Gasteiger partial charge in [-0.2, -0.15) is 0 Å². The fraction of sp³-hybridized carbons (Fsp3) is 0.243. The van der Waals surface area contributed by atoms with Crippen molar-refractivity contribution in [3.05, 3.63) is 155 Å². The van der Waals surface area contributed by atoms with Crippen LogP contribution in [0.4, 0.5) is 4.79 Å². The first-order valence-electron chi connectivity index (χ1n) is 15.1. The van der Waals surface area contributed by atoms with Crippen molar-refractivity contribution >= 4 is 12.1 Å². The number of hydrogen-bond donors (Lipinski definition) is 2. The second kappa shape index (κ2) is 16.9. The summed E-state index contributed by atoms with van der Waals surface area (Å²) in [6, 6.07) is 38.1. The molecule has 9 heteroatoms. The number of alkyl carbamates (subject to hydrolysis) is 1. The Bertz CT molecular complexity index is 1550. The summed E-state index contributed by atoms with van der Waals surface area (Å²) in [5.41, 5.74) is 3.91. The Balaban J connectivity index is 1.43. The SMILES string of the molecule is COC(=O)/C(NC(=O)OCc1ccccc1)=C1\N[C@@H](COCc2ccccc2)[C@@H](OCc2ccccc2)[C@@H]1OCc1ccccc1. The van der Waals surface area contributed by atoms with Gasteiger partial charge in [-0.3, -0.25) is 5.32 Å². The third-order valence-corrected chi connectivity index (χ3v) is 7.39. The van der Waals surface area contributed by atoms with E-state index in [0.717, 1.165) is 22.3 Å². The number of nitrogens with one attached hydrogen (secondary N) is 2. The lowest BCUT2D eigenvalue weighted by molar-refractivity contribution is -0.136. The van der Waals surface area contributed by atoms with Crippen LogP contribution in [0.5, 0.6) is 0 Å². The summed E-state index contributed by atoms with van der Waals surface area (Å²) in [6.45, 7) is 1.16. The molecule has 0 spiro atoms. The first-order valence-corrected chi connectivity index (χ1v) is 15.1. The molecule has 4 aromatic carbocycles. The van der Waals surface area contributed by atoms with E-state index in [-0.39, 0.29) is 25.5 Å². The molecule has 0 saturated carbocycles. The fourth-order valence-electron chi connectivity index (χ4n) is 5.07. The summed E-state index contributed by atoms with van der Waals surface area (Å²) in [7, 11) is 1.25. The highest BCUT2D eigenvalue weighted by molar-refractivity contribution is 5.93. The van der Waals surface area contributed by atoms with Crippen molar-refractivity contribution in [2.24, 2.45) is 0 Å². The monoisotopic (exact) mass is 622 g/mol. The minimum atomic E-state index is -0.814. The predicted octanol–water partition coefficient (Wildman–Crippen LogP) is 5.66. The fourth-order valence-corrected chi connectivity index (χ4v) is 5.07. The normalized spacial score (nSPS) is 18.3. The zero-order chi connectivity index (χ0) is 32.0. The number of esters is 1. The number of rotatable bonds is 14. The lowest BCUT2D eigenvalue weighted by Gasteiger charge is -2.25. The molecule has 1 saturated heterocycles. The van der Waals surface area contributed by atoms with Gasteiger partial charge in [0, 0.05) is 0 Å². The van der Waals surface area contributed by atoms with Gasteiger partial charge >= 0.3 is 12.1 Å². The molecule has 2 N–H and O–H groups in total. The minimum absolute atomic E-state index is 0.0244. The molecule has 1 aliphatic heterocycles. The molecular weight excluding hydrogens is 584 g/mol. The van der Waals surface area contributed by atoms with E-state index in [2.05, 4.69) is 10.6 Å². The molecule has 0 bridgehead atoms. The summed E-state index contributed by atoms with van der Waals surface area (Å²) in [6.07, 6.45) is -2.21. The number of benzene rings is 4. The molecule has 4 aromatic rings. The molecule has 1 fully saturated rings. The van der Waals surface area contributed by atoms with Crippen LogP contribution in [0.15, 0.2) is 133 Å². The van der Waals surface area contributed by atoms with Crippen molar-refractivity contribution in [1.29, 1.82) is 0 Å². The van der Waals surface area contributed by atoms with Crippen molar-refractivity contribution in [2.75, 3.05) is 13.7 Å². The lowest BCUT2D eigenvalue weighted by Crippen LogP contribution is -2.39. The van der Waals surface area contributed by atoms with Gasteiger partial charge < -0.3 is 29.0 Å². The second-order valence-corrected chi connectivity index (χ2v) is 10.7. The van der Waals surface area contributed by atoms with E-state index < -0.39 is 30.3 Å². The summed E-state index contributed by atoms with van der Waals surface area (Å²) in [5, 5.41) is 5.99. The number of hydrogen-bond acceptors (Lipinski definition) is 8. The molecular formula is C37H38N2O7. The molecule has 0 aromatic heterocycles. The predicted molar refractivity (Wildman–Crippen MR) is 172 cm³/mol. The minimum Gasteiger partial charge on any atom is -0.464 e. The number of ether oxygens (including phenoxy) is 5. The Hall–Kier alpha value is -4.96. The largest absolute Gasteiger partial charge is 0.464 e. The van der Waals surface area contributed by atoms with E-state index in [1.165, 1.54) is 7.11 Å². The number of carbonyl (C=O) groups excluding carboxylic acids is 2. The summed E-state index contributed by atoms with van der Waals surface area (Å²) in [5.74, 6) is -0.764. The van der Waals surface area contributed by atoms with Crippen LogP contribution in [0, 0.1) is 0 Å². The van der Waals surface area contributed by atoms with Crippen LogP contribution in [-0.2, 0) is 54.9 Å². The van der Waals surface area contributed by atoms with Crippen molar-refractivity contribution in [3.63, 3.8) is 0 Å². The first-order chi connectivity index (χ1) is 22.6. The Morgan fingerprint density at radius 2 is 1.13 bits per heavy atom. The molecule has 0 unspecified atom stereocenters. The molecule has 9 nitrogen and oxygen atoms in total. The topological polar surface area (TPSA) is 104 Å². The second-order valence-electron chi connectivity index (χ2n) is 10.7. The van der Waals surface area contributed by atoms with Crippen LogP contribution in [0.3, 0.4) is 0 Å². The van der Waals surface area contributed by atoms with Crippen LogP contribution >= 0.6 is 0 Å². The van der Waals surface area contributed by atoms with E-state index in [1.807, 2.05) is 121 Å². The van der Waals surface area contributed by atoms with Crippen LogP contribution in [-0.4, -0.2) is 44.0 Å². The van der Waals surface area contributed by atoms with E-state index in [9.17, 15) is 9.59 Å². The molecule has 3 atom stereocenters. The average Bonchev–Trinajstić information content (AvgIpc) is 3.45. The van der Waals surface area contributed by atoms with Crippen molar-refractivity contribution < 1.29 is 33.3 Å². The average molecular weight is 623 g/mol. The van der Waals surface area contributed by atoms with Gasteiger partial charge in [0.25, 0.3) is 0 Å². The van der Waals surface area contributed by atoms with Gasteiger partial charge in [0.2, 0.25) is 0 Å².